The van der Waals surface area contributed by atoms with Gasteiger partial charge in [-0.25, -0.2) is 4.57 Å². The molecule has 0 aromatic rings. The minimum atomic E-state index is -4.64. The van der Waals surface area contributed by atoms with Crippen LogP contribution in [0.15, 0.2) is 0 Å². The zero-order valence-electron chi connectivity index (χ0n) is 20.5. The lowest BCUT2D eigenvalue weighted by Crippen LogP contribution is -2.27. The van der Waals surface area contributed by atoms with Crippen LogP contribution in [-0.4, -0.2) is 39.2 Å². The molecule has 0 aliphatic heterocycles. The molecule has 6 heteroatoms. The number of rotatable bonds is 21. The van der Waals surface area contributed by atoms with Crippen LogP contribution in [0.2, 0.25) is 0 Å². The standard InChI is InChI=1S/C24H51N.H3O4P/c1-4-7-10-13-16-19-22-25(23-20-17-14-11-8-5-2)24-21-18-15-12-9-6-3;1-5(2,3)4/h4-24H2,1-3H3;(H3,1,2,3,4). The van der Waals surface area contributed by atoms with E-state index in [-0.39, 0.29) is 0 Å². The Labute approximate surface area is 188 Å². The van der Waals surface area contributed by atoms with Gasteiger partial charge in [0.2, 0.25) is 0 Å². The van der Waals surface area contributed by atoms with E-state index < -0.39 is 7.82 Å². The molecule has 184 valence electrons. The first kappa shape index (κ1) is 32.3. The SMILES string of the molecule is CCCCCCCCN(CCCCCCCC)CCCCCCCC.O=P(O)(O)O. The highest BCUT2D eigenvalue weighted by Gasteiger charge is 2.05. The maximum Gasteiger partial charge on any atom is 0.466 e. The number of unbranched alkanes of at least 4 members (excludes halogenated alkanes) is 15. The fourth-order valence-electron chi connectivity index (χ4n) is 3.68. The van der Waals surface area contributed by atoms with Crippen LogP contribution in [0, 0.1) is 0 Å². The normalized spacial score (nSPS) is 11.6. The molecule has 30 heavy (non-hydrogen) atoms. The molecular formula is C24H54NO4P. The largest absolute Gasteiger partial charge is 0.466 e. The molecule has 5 nitrogen and oxygen atoms in total. The molecule has 0 spiro atoms. The molecule has 0 aliphatic rings. The van der Waals surface area contributed by atoms with Gasteiger partial charge >= 0.3 is 7.82 Å². The molecule has 0 unspecified atom stereocenters. The second-order valence-corrected chi connectivity index (χ2v) is 9.68. The smallest absolute Gasteiger partial charge is 0.303 e. The number of hydrogen-bond donors (Lipinski definition) is 3. The van der Waals surface area contributed by atoms with E-state index in [1.54, 1.807) is 0 Å². The van der Waals surface area contributed by atoms with Gasteiger partial charge in [-0.1, -0.05) is 117 Å². The summed E-state index contributed by atoms with van der Waals surface area (Å²) < 4.78 is 8.88. The highest BCUT2D eigenvalue weighted by molar-refractivity contribution is 7.45. The Morgan fingerprint density at radius 1 is 0.467 bits per heavy atom. The summed E-state index contributed by atoms with van der Waals surface area (Å²) in [6.45, 7) is 11.0. The summed E-state index contributed by atoms with van der Waals surface area (Å²) in [5.74, 6) is 0. The molecule has 0 aromatic heterocycles. The van der Waals surface area contributed by atoms with E-state index in [9.17, 15) is 0 Å². The van der Waals surface area contributed by atoms with Crippen molar-refractivity contribution >= 4 is 7.82 Å². The van der Waals surface area contributed by atoms with Crippen LogP contribution in [0.5, 0.6) is 0 Å². The van der Waals surface area contributed by atoms with Gasteiger partial charge in [-0.15, -0.1) is 0 Å². The van der Waals surface area contributed by atoms with Gasteiger partial charge in [-0.05, 0) is 38.9 Å². The Balaban J connectivity index is 0. The average molecular weight is 452 g/mol. The average Bonchev–Trinajstić information content (AvgIpc) is 2.68. The van der Waals surface area contributed by atoms with Gasteiger partial charge < -0.3 is 19.6 Å². The Morgan fingerprint density at radius 2 is 0.667 bits per heavy atom. The third-order valence-electron chi connectivity index (χ3n) is 5.48. The highest BCUT2D eigenvalue weighted by Crippen LogP contribution is 2.25. The summed E-state index contributed by atoms with van der Waals surface area (Å²) in [5, 5.41) is 0. The van der Waals surface area contributed by atoms with E-state index in [1.165, 1.54) is 135 Å². The summed E-state index contributed by atoms with van der Waals surface area (Å²) in [4.78, 5) is 24.4. The predicted octanol–water partition coefficient (Wildman–Crippen LogP) is 7.44. The first-order valence-electron chi connectivity index (χ1n) is 12.9. The van der Waals surface area contributed by atoms with Crippen molar-refractivity contribution in [3.8, 4) is 0 Å². The summed E-state index contributed by atoms with van der Waals surface area (Å²) in [7, 11) is -4.64. The van der Waals surface area contributed by atoms with Gasteiger partial charge in [-0.3, -0.25) is 0 Å². The molecule has 0 aliphatic carbocycles. The van der Waals surface area contributed by atoms with Crippen molar-refractivity contribution in [3.63, 3.8) is 0 Å². The zero-order valence-corrected chi connectivity index (χ0v) is 21.4. The van der Waals surface area contributed by atoms with Crippen molar-refractivity contribution in [1.29, 1.82) is 0 Å². The summed E-state index contributed by atoms with van der Waals surface area (Å²) in [6.07, 6.45) is 25.7. The van der Waals surface area contributed by atoms with Crippen LogP contribution < -0.4 is 0 Å². The van der Waals surface area contributed by atoms with E-state index >= 15 is 0 Å². The number of hydrogen-bond acceptors (Lipinski definition) is 2. The molecule has 0 heterocycles. The van der Waals surface area contributed by atoms with Crippen molar-refractivity contribution in [2.75, 3.05) is 19.6 Å². The zero-order chi connectivity index (χ0) is 22.9. The van der Waals surface area contributed by atoms with Crippen molar-refractivity contribution in [1.82, 2.24) is 4.90 Å². The lowest BCUT2D eigenvalue weighted by Gasteiger charge is -2.22. The third kappa shape index (κ3) is 35.5. The van der Waals surface area contributed by atoms with Gasteiger partial charge in [0.05, 0.1) is 0 Å². The second-order valence-electron chi connectivity index (χ2n) is 8.66. The summed E-state index contributed by atoms with van der Waals surface area (Å²) in [5.41, 5.74) is 0. The van der Waals surface area contributed by atoms with Crippen LogP contribution in [0.3, 0.4) is 0 Å². The number of nitrogens with zero attached hydrogens (tertiary/aromatic N) is 1. The molecular weight excluding hydrogens is 397 g/mol. The molecule has 3 N–H and O–H groups in total. The lowest BCUT2D eigenvalue weighted by molar-refractivity contribution is 0.254. The fourth-order valence-corrected chi connectivity index (χ4v) is 3.68. The molecule has 0 radical (unpaired) electrons. The van der Waals surface area contributed by atoms with Crippen LogP contribution in [0.25, 0.3) is 0 Å². The van der Waals surface area contributed by atoms with E-state index in [0.717, 1.165) is 0 Å². The van der Waals surface area contributed by atoms with Gasteiger partial charge in [0.25, 0.3) is 0 Å². The van der Waals surface area contributed by atoms with E-state index in [0.29, 0.717) is 0 Å². The first-order valence-corrected chi connectivity index (χ1v) is 14.4. The van der Waals surface area contributed by atoms with E-state index in [2.05, 4.69) is 25.7 Å². The molecule has 0 amide bonds. The molecule has 0 aromatic carbocycles. The molecule has 0 atom stereocenters. The minimum Gasteiger partial charge on any atom is -0.303 e. The minimum absolute atomic E-state index is 1.36. The maximum atomic E-state index is 8.88. The lowest BCUT2D eigenvalue weighted by atomic mass is 10.1. The molecule has 0 fully saturated rings. The van der Waals surface area contributed by atoms with Crippen molar-refractivity contribution in [2.45, 2.75) is 136 Å². The van der Waals surface area contributed by atoms with Gasteiger partial charge in [0.1, 0.15) is 0 Å². The maximum absolute atomic E-state index is 8.88. The van der Waals surface area contributed by atoms with Gasteiger partial charge in [0.15, 0.2) is 0 Å². The summed E-state index contributed by atoms with van der Waals surface area (Å²) >= 11 is 0. The summed E-state index contributed by atoms with van der Waals surface area (Å²) in [6, 6.07) is 0. The fraction of sp³-hybridized carbons (Fsp3) is 1.00. The first-order chi connectivity index (χ1) is 14.3. The Kier molecular flexibility index (Phi) is 27.2. The Hall–Kier alpha value is 0.0700. The highest BCUT2D eigenvalue weighted by atomic mass is 31.2. The molecule has 0 rings (SSSR count). The Bertz CT molecular complexity index is 317. The van der Waals surface area contributed by atoms with Gasteiger partial charge in [0, 0.05) is 0 Å². The monoisotopic (exact) mass is 451 g/mol. The van der Waals surface area contributed by atoms with Crippen LogP contribution in [0.4, 0.5) is 0 Å². The second kappa shape index (κ2) is 25.3. The molecule has 0 bridgehead atoms. The van der Waals surface area contributed by atoms with Crippen molar-refractivity contribution in [2.24, 2.45) is 0 Å². The van der Waals surface area contributed by atoms with Crippen molar-refractivity contribution < 1.29 is 19.2 Å². The molecule has 0 saturated carbocycles. The predicted molar refractivity (Wildman–Crippen MR) is 131 cm³/mol. The molecule has 0 saturated heterocycles. The van der Waals surface area contributed by atoms with Crippen LogP contribution in [0.1, 0.15) is 136 Å². The van der Waals surface area contributed by atoms with Crippen molar-refractivity contribution in [3.05, 3.63) is 0 Å². The third-order valence-corrected chi connectivity index (χ3v) is 5.48. The quantitative estimate of drug-likeness (QED) is 0.125. The van der Waals surface area contributed by atoms with Gasteiger partial charge in [-0.2, -0.15) is 0 Å². The van der Waals surface area contributed by atoms with E-state index in [4.69, 9.17) is 19.2 Å². The van der Waals surface area contributed by atoms with Crippen LogP contribution >= 0.6 is 7.82 Å². The van der Waals surface area contributed by atoms with E-state index in [1.807, 2.05) is 0 Å². The Morgan fingerprint density at radius 3 is 0.900 bits per heavy atom. The topological polar surface area (TPSA) is 81.0 Å². The number of phosphoric acid groups is 1. The van der Waals surface area contributed by atoms with Crippen LogP contribution in [-0.2, 0) is 4.57 Å².